The van der Waals surface area contributed by atoms with Crippen LogP contribution in [-0.4, -0.2) is 25.5 Å². The Bertz CT molecular complexity index is 792. The number of anilines is 1. The molecule has 0 fully saturated rings. The fourth-order valence-electron chi connectivity index (χ4n) is 2.11. The summed E-state index contributed by atoms with van der Waals surface area (Å²) in [6.45, 7) is 2.00. The van der Waals surface area contributed by atoms with Crippen molar-refractivity contribution in [3.05, 3.63) is 52.0 Å². The maximum Gasteiger partial charge on any atom is 0.265 e. The Balaban J connectivity index is 1.48. The molecule has 7 heteroatoms. The number of aryl methyl sites for hydroxylation is 1. The van der Waals surface area contributed by atoms with Gasteiger partial charge in [0.15, 0.2) is 18.1 Å². The maximum absolute atomic E-state index is 11.8. The SMILES string of the molecule is Cc1cc(NC(=O)CO/N=C\c2ccc3c(c2)OCO3)ccc1Br. The Kier molecular flexibility index (Phi) is 5.00. The minimum absolute atomic E-state index is 0.170. The van der Waals surface area contributed by atoms with Crippen LogP contribution in [0.25, 0.3) is 0 Å². The predicted molar refractivity (Wildman–Crippen MR) is 93.6 cm³/mol. The van der Waals surface area contributed by atoms with Gasteiger partial charge in [0.2, 0.25) is 6.79 Å². The zero-order chi connectivity index (χ0) is 16.9. The lowest BCUT2D eigenvalue weighted by molar-refractivity contribution is -0.120. The minimum atomic E-state index is -0.278. The summed E-state index contributed by atoms with van der Waals surface area (Å²) in [6.07, 6.45) is 1.51. The maximum atomic E-state index is 11.8. The normalized spacial score (nSPS) is 12.4. The van der Waals surface area contributed by atoms with Crippen LogP contribution in [0.15, 0.2) is 46.0 Å². The first-order valence-corrected chi connectivity index (χ1v) is 8.02. The molecule has 0 saturated carbocycles. The molecular weight excluding hydrogens is 376 g/mol. The molecule has 1 N–H and O–H groups in total. The van der Waals surface area contributed by atoms with Crippen molar-refractivity contribution in [2.45, 2.75) is 6.92 Å². The van der Waals surface area contributed by atoms with E-state index in [4.69, 9.17) is 14.3 Å². The van der Waals surface area contributed by atoms with Gasteiger partial charge in [0, 0.05) is 15.7 Å². The number of hydrogen-bond acceptors (Lipinski definition) is 5. The van der Waals surface area contributed by atoms with Crippen LogP contribution >= 0.6 is 15.9 Å². The molecule has 3 rings (SSSR count). The van der Waals surface area contributed by atoms with E-state index in [1.165, 1.54) is 6.21 Å². The Morgan fingerprint density at radius 2 is 2.12 bits per heavy atom. The van der Waals surface area contributed by atoms with E-state index in [1.807, 2.05) is 31.2 Å². The number of fused-ring (bicyclic) bond motifs is 1. The first-order chi connectivity index (χ1) is 11.6. The van der Waals surface area contributed by atoms with Crippen LogP contribution in [0.1, 0.15) is 11.1 Å². The van der Waals surface area contributed by atoms with E-state index in [0.29, 0.717) is 17.2 Å². The van der Waals surface area contributed by atoms with Gasteiger partial charge in [-0.05, 0) is 48.9 Å². The van der Waals surface area contributed by atoms with Gasteiger partial charge in [-0.1, -0.05) is 21.1 Å². The summed E-state index contributed by atoms with van der Waals surface area (Å²) >= 11 is 3.41. The molecule has 0 unspecified atom stereocenters. The van der Waals surface area contributed by atoms with Crippen molar-refractivity contribution in [3.63, 3.8) is 0 Å². The average molecular weight is 391 g/mol. The summed E-state index contributed by atoms with van der Waals surface area (Å²) in [7, 11) is 0. The minimum Gasteiger partial charge on any atom is -0.454 e. The number of nitrogens with zero attached hydrogens (tertiary/aromatic N) is 1. The fraction of sp³-hybridized carbons (Fsp3) is 0.176. The number of rotatable bonds is 5. The molecule has 124 valence electrons. The quantitative estimate of drug-likeness (QED) is 0.626. The van der Waals surface area contributed by atoms with Gasteiger partial charge in [-0.15, -0.1) is 0 Å². The van der Waals surface area contributed by atoms with Crippen molar-refractivity contribution in [2.75, 3.05) is 18.7 Å². The third-order valence-corrected chi connectivity index (χ3v) is 4.20. The van der Waals surface area contributed by atoms with Crippen molar-refractivity contribution in [3.8, 4) is 11.5 Å². The second-order valence-electron chi connectivity index (χ2n) is 5.13. The zero-order valence-electron chi connectivity index (χ0n) is 12.9. The summed E-state index contributed by atoms with van der Waals surface area (Å²) in [4.78, 5) is 16.8. The van der Waals surface area contributed by atoms with Gasteiger partial charge >= 0.3 is 0 Å². The highest BCUT2D eigenvalue weighted by Crippen LogP contribution is 2.31. The second kappa shape index (κ2) is 7.35. The van der Waals surface area contributed by atoms with Crippen LogP contribution in [-0.2, 0) is 9.63 Å². The summed E-state index contributed by atoms with van der Waals surface area (Å²) in [5, 5.41) is 6.54. The molecule has 0 bridgehead atoms. The Morgan fingerprint density at radius 1 is 1.29 bits per heavy atom. The van der Waals surface area contributed by atoms with Crippen LogP contribution in [0.5, 0.6) is 11.5 Å². The molecular formula is C17H15BrN2O4. The van der Waals surface area contributed by atoms with Crippen molar-refractivity contribution < 1.29 is 19.1 Å². The Labute approximate surface area is 147 Å². The summed E-state index contributed by atoms with van der Waals surface area (Å²) in [5.41, 5.74) is 2.54. The van der Waals surface area contributed by atoms with Crippen LogP contribution < -0.4 is 14.8 Å². The van der Waals surface area contributed by atoms with Crippen molar-refractivity contribution >= 4 is 33.7 Å². The molecule has 0 saturated heterocycles. The number of carbonyl (C=O) groups is 1. The van der Waals surface area contributed by atoms with Crippen molar-refractivity contribution in [1.82, 2.24) is 0 Å². The third kappa shape index (κ3) is 4.05. The molecule has 1 aliphatic rings. The highest BCUT2D eigenvalue weighted by Gasteiger charge is 2.12. The smallest absolute Gasteiger partial charge is 0.265 e. The third-order valence-electron chi connectivity index (χ3n) is 3.31. The summed E-state index contributed by atoms with van der Waals surface area (Å²) in [5.74, 6) is 1.10. The van der Waals surface area contributed by atoms with Crippen molar-refractivity contribution in [1.29, 1.82) is 0 Å². The van der Waals surface area contributed by atoms with Crippen LogP contribution in [0.4, 0.5) is 5.69 Å². The van der Waals surface area contributed by atoms with E-state index in [-0.39, 0.29) is 19.3 Å². The van der Waals surface area contributed by atoms with E-state index in [1.54, 1.807) is 12.1 Å². The summed E-state index contributed by atoms with van der Waals surface area (Å²) < 4.78 is 11.5. The first-order valence-electron chi connectivity index (χ1n) is 7.23. The highest BCUT2D eigenvalue weighted by atomic mass is 79.9. The van der Waals surface area contributed by atoms with Crippen molar-refractivity contribution in [2.24, 2.45) is 5.16 Å². The molecule has 0 atom stereocenters. The Morgan fingerprint density at radius 3 is 2.96 bits per heavy atom. The molecule has 0 spiro atoms. The molecule has 24 heavy (non-hydrogen) atoms. The van der Waals surface area contributed by atoms with Gasteiger partial charge in [-0.2, -0.15) is 0 Å². The molecule has 0 radical (unpaired) electrons. The molecule has 2 aromatic rings. The number of ether oxygens (including phenoxy) is 2. The Hall–Kier alpha value is -2.54. The van der Waals surface area contributed by atoms with E-state index >= 15 is 0 Å². The second-order valence-corrected chi connectivity index (χ2v) is 5.99. The van der Waals surface area contributed by atoms with E-state index < -0.39 is 0 Å². The van der Waals surface area contributed by atoms with Gasteiger partial charge in [0.05, 0.1) is 6.21 Å². The van der Waals surface area contributed by atoms with E-state index in [2.05, 4.69) is 26.4 Å². The molecule has 1 amide bonds. The van der Waals surface area contributed by atoms with Crippen LogP contribution in [0.2, 0.25) is 0 Å². The van der Waals surface area contributed by atoms with Crippen LogP contribution in [0, 0.1) is 6.92 Å². The lowest BCUT2D eigenvalue weighted by atomic mass is 10.2. The zero-order valence-corrected chi connectivity index (χ0v) is 14.5. The van der Waals surface area contributed by atoms with Gasteiger partial charge in [0.1, 0.15) is 0 Å². The van der Waals surface area contributed by atoms with Gasteiger partial charge in [-0.3, -0.25) is 4.79 Å². The number of amides is 1. The van der Waals surface area contributed by atoms with Gasteiger partial charge < -0.3 is 19.6 Å². The molecule has 6 nitrogen and oxygen atoms in total. The lowest BCUT2D eigenvalue weighted by Gasteiger charge is -2.06. The number of carbonyl (C=O) groups excluding carboxylic acids is 1. The topological polar surface area (TPSA) is 69.2 Å². The monoisotopic (exact) mass is 390 g/mol. The number of halogens is 1. The molecule has 0 aromatic heterocycles. The number of hydrogen-bond donors (Lipinski definition) is 1. The molecule has 1 aliphatic heterocycles. The van der Waals surface area contributed by atoms with E-state index in [9.17, 15) is 4.79 Å². The van der Waals surface area contributed by atoms with E-state index in [0.717, 1.165) is 15.6 Å². The lowest BCUT2D eigenvalue weighted by Crippen LogP contribution is -2.17. The van der Waals surface area contributed by atoms with Crippen LogP contribution in [0.3, 0.4) is 0 Å². The van der Waals surface area contributed by atoms with Gasteiger partial charge in [-0.25, -0.2) is 0 Å². The predicted octanol–water partition coefficient (Wildman–Crippen LogP) is 3.48. The molecule has 2 aromatic carbocycles. The average Bonchev–Trinajstić information content (AvgIpc) is 3.03. The number of nitrogens with one attached hydrogen (secondary N) is 1. The first kappa shape index (κ1) is 16.3. The number of benzene rings is 2. The standard InChI is InChI=1S/C17H15BrN2O4/c1-11-6-13(3-4-14(11)18)20-17(21)9-24-19-8-12-2-5-15-16(7-12)23-10-22-15/h2-8H,9-10H2,1H3,(H,20,21)/b19-8-. The summed E-state index contributed by atoms with van der Waals surface area (Å²) in [6, 6.07) is 11.0. The molecule has 1 heterocycles. The molecule has 0 aliphatic carbocycles. The largest absolute Gasteiger partial charge is 0.454 e. The highest BCUT2D eigenvalue weighted by molar-refractivity contribution is 9.10. The van der Waals surface area contributed by atoms with Gasteiger partial charge in [0.25, 0.3) is 5.91 Å². The fourth-order valence-corrected chi connectivity index (χ4v) is 2.35. The number of oxime groups is 1.